The van der Waals surface area contributed by atoms with Gasteiger partial charge in [0.15, 0.2) is 5.78 Å². The Labute approximate surface area is 148 Å². The first-order valence-electron chi connectivity index (χ1n) is 8.54. The van der Waals surface area contributed by atoms with Crippen molar-refractivity contribution in [3.05, 3.63) is 47.9 Å². The SMILES string of the molecule is CCCN(CCC)C(=O)c1cc(Nc2ccc(C(C)=O)cc2)ncn1. The lowest BCUT2D eigenvalue weighted by atomic mass is 10.1. The third kappa shape index (κ3) is 5.11. The third-order valence-electron chi connectivity index (χ3n) is 3.72. The quantitative estimate of drug-likeness (QED) is 0.742. The minimum absolute atomic E-state index is 0.0217. The van der Waals surface area contributed by atoms with Gasteiger partial charge in [0, 0.05) is 30.4 Å². The number of nitrogens with zero attached hydrogens (tertiary/aromatic N) is 3. The first-order valence-corrected chi connectivity index (χ1v) is 8.54. The molecule has 6 heteroatoms. The van der Waals surface area contributed by atoms with E-state index in [1.54, 1.807) is 30.3 Å². The zero-order valence-corrected chi connectivity index (χ0v) is 15.0. The molecule has 6 nitrogen and oxygen atoms in total. The summed E-state index contributed by atoms with van der Waals surface area (Å²) in [6, 6.07) is 8.77. The number of hydrogen-bond acceptors (Lipinski definition) is 5. The normalized spacial score (nSPS) is 10.4. The van der Waals surface area contributed by atoms with Crippen LogP contribution in [0, 0.1) is 0 Å². The van der Waals surface area contributed by atoms with E-state index in [1.807, 2.05) is 18.7 Å². The van der Waals surface area contributed by atoms with Crippen molar-refractivity contribution in [1.29, 1.82) is 0 Å². The van der Waals surface area contributed by atoms with E-state index in [0.717, 1.165) is 18.5 Å². The molecule has 1 aromatic heterocycles. The summed E-state index contributed by atoms with van der Waals surface area (Å²) >= 11 is 0. The molecule has 2 aromatic rings. The van der Waals surface area contributed by atoms with Gasteiger partial charge in [0.2, 0.25) is 0 Å². The van der Waals surface area contributed by atoms with Crippen LogP contribution in [0.5, 0.6) is 0 Å². The number of anilines is 2. The second-order valence-electron chi connectivity index (χ2n) is 5.84. The van der Waals surface area contributed by atoms with Crippen molar-refractivity contribution in [2.24, 2.45) is 0 Å². The van der Waals surface area contributed by atoms with Crippen LogP contribution in [0.3, 0.4) is 0 Å². The van der Waals surface area contributed by atoms with Crippen LogP contribution >= 0.6 is 0 Å². The fourth-order valence-electron chi connectivity index (χ4n) is 2.50. The Morgan fingerprint density at radius 2 is 1.68 bits per heavy atom. The molecule has 2 rings (SSSR count). The molecule has 0 aliphatic rings. The van der Waals surface area contributed by atoms with Crippen LogP contribution in [0.1, 0.15) is 54.5 Å². The van der Waals surface area contributed by atoms with Gasteiger partial charge in [-0.3, -0.25) is 9.59 Å². The van der Waals surface area contributed by atoms with Crippen molar-refractivity contribution in [1.82, 2.24) is 14.9 Å². The van der Waals surface area contributed by atoms with Gasteiger partial charge in [0.25, 0.3) is 5.91 Å². The number of nitrogens with one attached hydrogen (secondary N) is 1. The number of Topliss-reactive ketones (excluding diaryl/α,β-unsaturated/α-hetero) is 1. The molecule has 0 saturated heterocycles. The number of amides is 1. The first-order chi connectivity index (χ1) is 12.0. The topological polar surface area (TPSA) is 75.2 Å². The molecule has 0 aliphatic heterocycles. The maximum absolute atomic E-state index is 12.6. The Morgan fingerprint density at radius 3 is 2.24 bits per heavy atom. The molecule has 1 N–H and O–H groups in total. The summed E-state index contributed by atoms with van der Waals surface area (Å²) in [6.45, 7) is 7.06. The minimum Gasteiger partial charge on any atom is -0.340 e. The predicted molar refractivity (Wildman–Crippen MR) is 98.2 cm³/mol. The summed E-state index contributed by atoms with van der Waals surface area (Å²) in [5.74, 6) is 0.483. The van der Waals surface area contributed by atoms with Crippen LogP contribution in [-0.4, -0.2) is 39.6 Å². The molecule has 1 amide bonds. The standard InChI is InChI=1S/C19H24N4O2/c1-4-10-23(11-5-2)19(25)17-12-18(21-13-20-17)22-16-8-6-15(7-9-16)14(3)24/h6-9,12-13H,4-5,10-11H2,1-3H3,(H,20,21,22). The van der Waals surface area contributed by atoms with E-state index in [9.17, 15) is 9.59 Å². The lowest BCUT2D eigenvalue weighted by molar-refractivity contribution is 0.0749. The molecule has 0 unspecified atom stereocenters. The monoisotopic (exact) mass is 340 g/mol. The lowest BCUT2D eigenvalue weighted by Gasteiger charge is -2.21. The molecule has 1 aromatic carbocycles. The number of hydrogen-bond donors (Lipinski definition) is 1. The molecule has 0 saturated carbocycles. The summed E-state index contributed by atoms with van der Waals surface area (Å²) in [5, 5.41) is 3.14. The summed E-state index contributed by atoms with van der Waals surface area (Å²) in [4.78, 5) is 34.0. The van der Waals surface area contributed by atoms with Gasteiger partial charge >= 0.3 is 0 Å². The third-order valence-corrected chi connectivity index (χ3v) is 3.72. The zero-order valence-electron chi connectivity index (χ0n) is 15.0. The largest absolute Gasteiger partial charge is 0.340 e. The molecule has 0 aliphatic carbocycles. The maximum atomic E-state index is 12.6. The smallest absolute Gasteiger partial charge is 0.272 e. The number of ketones is 1. The Kier molecular flexibility index (Phi) is 6.62. The van der Waals surface area contributed by atoms with Gasteiger partial charge < -0.3 is 10.2 Å². The van der Waals surface area contributed by atoms with E-state index in [-0.39, 0.29) is 11.7 Å². The van der Waals surface area contributed by atoms with Crippen molar-refractivity contribution in [3.8, 4) is 0 Å². The van der Waals surface area contributed by atoms with Crippen molar-refractivity contribution >= 4 is 23.2 Å². The van der Waals surface area contributed by atoms with E-state index in [4.69, 9.17) is 0 Å². The lowest BCUT2D eigenvalue weighted by Crippen LogP contribution is -2.33. The second kappa shape index (κ2) is 8.92. The second-order valence-corrected chi connectivity index (χ2v) is 5.84. The van der Waals surface area contributed by atoms with Crippen LogP contribution in [0.2, 0.25) is 0 Å². The molecule has 25 heavy (non-hydrogen) atoms. The zero-order chi connectivity index (χ0) is 18.2. The van der Waals surface area contributed by atoms with Gasteiger partial charge in [-0.15, -0.1) is 0 Å². The van der Waals surface area contributed by atoms with Crippen LogP contribution in [0.4, 0.5) is 11.5 Å². The fraction of sp³-hybridized carbons (Fsp3) is 0.368. The molecular formula is C19H24N4O2. The predicted octanol–water partition coefficient (Wildman–Crippen LogP) is 3.69. The Bertz CT molecular complexity index is 722. The molecule has 0 bridgehead atoms. The fourth-order valence-corrected chi connectivity index (χ4v) is 2.50. The number of rotatable bonds is 8. The molecule has 0 fully saturated rings. The van der Waals surface area contributed by atoms with Crippen molar-refractivity contribution in [2.75, 3.05) is 18.4 Å². The van der Waals surface area contributed by atoms with Crippen LogP contribution in [0.15, 0.2) is 36.7 Å². The number of carbonyl (C=O) groups excluding carboxylic acids is 2. The van der Waals surface area contributed by atoms with E-state index >= 15 is 0 Å². The first kappa shape index (κ1) is 18.6. The van der Waals surface area contributed by atoms with Gasteiger partial charge in [-0.1, -0.05) is 13.8 Å². The minimum atomic E-state index is -0.0823. The van der Waals surface area contributed by atoms with Gasteiger partial charge in [0.05, 0.1) is 0 Å². The van der Waals surface area contributed by atoms with E-state index in [1.165, 1.54) is 13.3 Å². The van der Waals surface area contributed by atoms with Gasteiger partial charge in [-0.25, -0.2) is 9.97 Å². The molecule has 0 radical (unpaired) electrons. The molecule has 0 spiro atoms. The van der Waals surface area contributed by atoms with E-state index in [0.29, 0.717) is 30.2 Å². The molecule has 1 heterocycles. The van der Waals surface area contributed by atoms with Crippen LogP contribution in [-0.2, 0) is 0 Å². The summed E-state index contributed by atoms with van der Waals surface area (Å²) < 4.78 is 0. The highest BCUT2D eigenvalue weighted by atomic mass is 16.2. The number of carbonyl (C=O) groups is 2. The molecule has 0 atom stereocenters. The highest BCUT2D eigenvalue weighted by Gasteiger charge is 2.16. The highest BCUT2D eigenvalue weighted by molar-refractivity contribution is 5.94. The highest BCUT2D eigenvalue weighted by Crippen LogP contribution is 2.16. The Hall–Kier alpha value is -2.76. The summed E-state index contributed by atoms with van der Waals surface area (Å²) in [5.41, 5.74) is 1.82. The number of benzene rings is 1. The summed E-state index contributed by atoms with van der Waals surface area (Å²) in [6.07, 6.45) is 3.20. The van der Waals surface area contributed by atoms with E-state index in [2.05, 4.69) is 15.3 Å². The van der Waals surface area contributed by atoms with Crippen molar-refractivity contribution < 1.29 is 9.59 Å². The van der Waals surface area contributed by atoms with Gasteiger partial charge in [-0.05, 0) is 44.0 Å². The van der Waals surface area contributed by atoms with Crippen molar-refractivity contribution in [2.45, 2.75) is 33.6 Å². The molecule has 132 valence electrons. The van der Waals surface area contributed by atoms with Gasteiger partial charge in [0.1, 0.15) is 17.8 Å². The average Bonchev–Trinajstić information content (AvgIpc) is 2.61. The van der Waals surface area contributed by atoms with Crippen molar-refractivity contribution in [3.63, 3.8) is 0 Å². The maximum Gasteiger partial charge on any atom is 0.272 e. The van der Waals surface area contributed by atoms with Crippen LogP contribution < -0.4 is 5.32 Å². The number of aromatic nitrogens is 2. The Morgan fingerprint density at radius 1 is 1.04 bits per heavy atom. The van der Waals surface area contributed by atoms with E-state index < -0.39 is 0 Å². The summed E-state index contributed by atoms with van der Waals surface area (Å²) in [7, 11) is 0. The van der Waals surface area contributed by atoms with Crippen LogP contribution in [0.25, 0.3) is 0 Å². The van der Waals surface area contributed by atoms with Gasteiger partial charge in [-0.2, -0.15) is 0 Å². The average molecular weight is 340 g/mol. The Balaban J connectivity index is 2.14. The molecular weight excluding hydrogens is 316 g/mol.